The van der Waals surface area contributed by atoms with E-state index in [4.69, 9.17) is 4.74 Å². The molecule has 1 aromatic carbocycles. The first-order chi connectivity index (χ1) is 7.89. The van der Waals surface area contributed by atoms with E-state index in [1.165, 1.54) is 18.7 Å². The van der Waals surface area contributed by atoms with Gasteiger partial charge in [-0.2, -0.15) is 0 Å². The lowest BCUT2D eigenvalue weighted by Crippen LogP contribution is -2.43. The molecule has 0 aliphatic carbocycles. The Morgan fingerprint density at radius 3 is 2.82 bits per heavy atom. The molecule has 0 fully saturated rings. The fraction of sp³-hybridized carbons (Fsp3) is 0.462. The van der Waals surface area contributed by atoms with E-state index in [0.717, 1.165) is 23.4 Å². The zero-order chi connectivity index (χ0) is 12.6. The third-order valence-electron chi connectivity index (χ3n) is 2.89. The first-order valence-electron chi connectivity index (χ1n) is 5.66. The minimum absolute atomic E-state index is 0.323. The van der Waals surface area contributed by atoms with E-state index in [1.54, 1.807) is 7.05 Å². The zero-order valence-electron chi connectivity index (χ0n) is 10.4. The van der Waals surface area contributed by atoms with Crippen molar-refractivity contribution in [1.82, 2.24) is 0 Å². The molecular weight excluding hydrogens is 218 g/mol. The van der Waals surface area contributed by atoms with Gasteiger partial charge in [0.25, 0.3) is 5.91 Å². The van der Waals surface area contributed by atoms with Crippen LogP contribution in [-0.2, 0) is 11.2 Å². The molecule has 0 bridgehead atoms. The highest BCUT2D eigenvalue weighted by Crippen LogP contribution is 2.29. The van der Waals surface area contributed by atoms with Gasteiger partial charge in [0.05, 0.1) is 6.61 Å². The Morgan fingerprint density at radius 1 is 1.47 bits per heavy atom. The van der Waals surface area contributed by atoms with E-state index in [9.17, 15) is 9.90 Å². The molecule has 1 aliphatic heterocycles. The number of hydrogen-bond acceptors (Lipinski definition) is 3. The van der Waals surface area contributed by atoms with Crippen LogP contribution in [0.5, 0.6) is 5.75 Å². The number of anilines is 1. The van der Waals surface area contributed by atoms with Gasteiger partial charge in [-0.15, -0.1) is 0 Å². The van der Waals surface area contributed by atoms with Crippen LogP contribution in [0, 0.1) is 0 Å². The number of carbonyl (C=O) groups excluding carboxylic acids is 1. The molecule has 1 amide bonds. The summed E-state index contributed by atoms with van der Waals surface area (Å²) < 4.78 is 5.41. The second-order valence-corrected chi connectivity index (χ2v) is 4.81. The molecule has 0 atom stereocenters. The largest absolute Gasteiger partial charge is 0.493 e. The molecule has 1 N–H and O–H groups in total. The fourth-order valence-electron chi connectivity index (χ4n) is 1.91. The molecule has 0 saturated carbocycles. The van der Waals surface area contributed by atoms with Crippen LogP contribution in [-0.4, -0.2) is 30.3 Å². The lowest BCUT2D eigenvalue weighted by Gasteiger charge is -2.25. The summed E-state index contributed by atoms with van der Waals surface area (Å²) in [5.41, 5.74) is 0.531. The number of carbonyl (C=O) groups is 1. The number of nitrogens with zero attached hydrogens (tertiary/aromatic N) is 1. The number of rotatable bonds is 2. The predicted molar refractivity (Wildman–Crippen MR) is 65.3 cm³/mol. The molecule has 4 heteroatoms. The van der Waals surface area contributed by atoms with Gasteiger partial charge in [-0.1, -0.05) is 0 Å². The van der Waals surface area contributed by atoms with Crippen LogP contribution in [0.2, 0.25) is 0 Å². The van der Waals surface area contributed by atoms with E-state index in [1.807, 2.05) is 18.2 Å². The quantitative estimate of drug-likeness (QED) is 0.842. The number of likely N-dealkylation sites (N-methyl/N-ethyl adjacent to an activating group) is 1. The average molecular weight is 235 g/mol. The van der Waals surface area contributed by atoms with E-state index >= 15 is 0 Å². The van der Waals surface area contributed by atoms with Crippen molar-refractivity contribution in [3.63, 3.8) is 0 Å². The number of benzene rings is 1. The number of ether oxygens (including phenoxy) is 1. The van der Waals surface area contributed by atoms with Crippen molar-refractivity contribution in [2.45, 2.75) is 25.9 Å². The first-order valence-corrected chi connectivity index (χ1v) is 5.66. The van der Waals surface area contributed by atoms with Crippen molar-refractivity contribution in [2.24, 2.45) is 0 Å². The number of aliphatic hydroxyl groups is 1. The smallest absolute Gasteiger partial charge is 0.258 e. The Bertz CT molecular complexity index is 448. The molecule has 0 radical (unpaired) electrons. The Morgan fingerprint density at radius 2 is 2.18 bits per heavy atom. The Kier molecular flexibility index (Phi) is 2.83. The maximum atomic E-state index is 11.9. The summed E-state index contributed by atoms with van der Waals surface area (Å²) >= 11 is 0. The standard InChI is InChI=1S/C13H17NO3/c1-13(2,16)12(15)14(3)10-4-5-11-9(8-10)6-7-17-11/h4-5,8,16H,6-7H2,1-3H3. The van der Waals surface area contributed by atoms with Crippen molar-refractivity contribution in [2.75, 3.05) is 18.6 Å². The molecule has 0 spiro atoms. The zero-order valence-corrected chi connectivity index (χ0v) is 10.4. The minimum Gasteiger partial charge on any atom is -0.493 e. The molecule has 0 aromatic heterocycles. The van der Waals surface area contributed by atoms with Gasteiger partial charge in [0.15, 0.2) is 0 Å². The fourth-order valence-corrected chi connectivity index (χ4v) is 1.91. The maximum Gasteiger partial charge on any atom is 0.258 e. The van der Waals surface area contributed by atoms with E-state index in [-0.39, 0.29) is 5.91 Å². The lowest BCUT2D eigenvalue weighted by molar-refractivity contribution is -0.133. The van der Waals surface area contributed by atoms with E-state index in [2.05, 4.69) is 0 Å². The minimum atomic E-state index is -1.36. The summed E-state index contributed by atoms with van der Waals surface area (Å²) in [5, 5.41) is 9.70. The van der Waals surface area contributed by atoms with Crippen LogP contribution in [0.4, 0.5) is 5.69 Å². The normalized spacial score (nSPS) is 14.1. The second kappa shape index (κ2) is 4.04. The summed E-state index contributed by atoms with van der Waals surface area (Å²) in [6.45, 7) is 3.67. The lowest BCUT2D eigenvalue weighted by atomic mass is 10.1. The van der Waals surface area contributed by atoms with Crippen molar-refractivity contribution in [3.8, 4) is 5.75 Å². The Labute approximate surface area is 101 Å². The van der Waals surface area contributed by atoms with Crippen LogP contribution in [0.3, 0.4) is 0 Å². The van der Waals surface area contributed by atoms with Crippen LogP contribution >= 0.6 is 0 Å². The van der Waals surface area contributed by atoms with Crippen LogP contribution in [0.25, 0.3) is 0 Å². The molecule has 0 saturated heterocycles. The van der Waals surface area contributed by atoms with Crippen molar-refractivity contribution in [3.05, 3.63) is 23.8 Å². The van der Waals surface area contributed by atoms with Gasteiger partial charge in [0, 0.05) is 19.2 Å². The summed E-state index contributed by atoms with van der Waals surface area (Å²) in [5.74, 6) is 0.564. The second-order valence-electron chi connectivity index (χ2n) is 4.81. The van der Waals surface area contributed by atoms with Gasteiger partial charge in [-0.05, 0) is 37.6 Å². The van der Waals surface area contributed by atoms with Crippen molar-refractivity contribution >= 4 is 11.6 Å². The number of fused-ring (bicyclic) bond motifs is 1. The molecule has 0 unspecified atom stereocenters. The van der Waals surface area contributed by atoms with Gasteiger partial charge < -0.3 is 14.7 Å². The van der Waals surface area contributed by atoms with Gasteiger partial charge in [-0.3, -0.25) is 4.79 Å². The van der Waals surface area contributed by atoms with Gasteiger partial charge >= 0.3 is 0 Å². The molecule has 17 heavy (non-hydrogen) atoms. The summed E-state index contributed by atoms with van der Waals surface area (Å²) in [6, 6.07) is 5.63. The summed E-state index contributed by atoms with van der Waals surface area (Å²) in [6.07, 6.45) is 0.869. The molecule has 2 rings (SSSR count). The van der Waals surface area contributed by atoms with Crippen molar-refractivity contribution in [1.29, 1.82) is 0 Å². The molecule has 92 valence electrons. The first kappa shape index (κ1) is 11.9. The number of amides is 1. The highest BCUT2D eigenvalue weighted by Gasteiger charge is 2.28. The molecule has 1 aromatic rings. The third kappa shape index (κ3) is 2.26. The molecule has 1 aliphatic rings. The van der Waals surface area contributed by atoms with Crippen LogP contribution < -0.4 is 9.64 Å². The molecule has 1 heterocycles. The van der Waals surface area contributed by atoms with Crippen LogP contribution in [0.15, 0.2) is 18.2 Å². The Hall–Kier alpha value is -1.55. The third-order valence-corrected chi connectivity index (χ3v) is 2.89. The predicted octanol–water partition coefficient (Wildman–Crippen LogP) is 1.36. The Balaban J connectivity index is 2.26. The topological polar surface area (TPSA) is 49.8 Å². The van der Waals surface area contributed by atoms with Gasteiger partial charge in [0.2, 0.25) is 0 Å². The number of hydrogen-bond donors (Lipinski definition) is 1. The SMILES string of the molecule is CN(C(=O)C(C)(C)O)c1ccc2c(c1)CCO2. The average Bonchev–Trinajstić information content (AvgIpc) is 2.72. The van der Waals surface area contributed by atoms with Crippen molar-refractivity contribution < 1.29 is 14.6 Å². The summed E-state index contributed by atoms with van der Waals surface area (Å²) in [4.78, 5) is 13.4. The maximum absolute atomic E-state index is 11.9. The van der Waals surface area contributed by atoms with E-state index < -0.39 is 5.60 Å². The molecular formula is C13H17NO3. The van der Waals surface area contributed by atoms with E-state index in [0.29, 0.717) is 6.61 Å². The van der Waals surface area contributed by atoms with Crippen LogP contribution in [0.1, 0.15) is 19.4 Å². The highest BCUT2D eigenvalue weighted by molar-refractivity contribution is 5.98. The highest BCUT2D eigenvalue weighted by atomic mass is 16.5. The monoisotopic (exact) mass is 235 g/mol. The van der Waals surface area contributed by atoms with Gasteiger partial charge in [0.1, 0.15) is 11.4 Å². The summed E-state index contributed by atoms with van der Waals surface area (Å²) in [7, 11) is 1.66. The molecule has 4 nitrogen and oxygen atoms in total. The van der Waals surface area contributed by atoms with Gasteiger partial charge in [-0.25, -0.2) is 0 Å².